The molecule has 1 heterocycles. The van der Waals surface area contributed by atoms with Crippen LogP contribution >= 0.6 is 22.9 Å². The summed E-state index contributed by atoms with van der Waals surface area (Å²) in [5, 5.41) is 1.43. The first kappa shape index (κ1) is 19.0. The summed E-state index contributed by atoms with van der Waals surface area (Å²) < 4.78 is 27.2. The topological polar surface area (TPSA) is 59.1 Å². The van der Waals surface area contributed by atoms with Crippen molar-refractivity contribution in [1.82, 2.24) is 9.71 Å². The van der Waals surface area contributed by atoms with E-state index in [2.05, 4.69) is 9.71 Å². The van der Waals surface area contributed by atoms with Crippen LogP contribution in [0.2, 0.25) is 5.02 Å². The van der Waals surface area contributed by atoms with E-state index in [9.17, 15) is 8.42 Å². The van der Waals surface area contributed by atoms with Gasteiger partial charge >= 0.3 is 0 Å². The van der Waals surface area contributed by atoms with Crippen LogP contribution in [0.15, 0.2) is 54.6 Å². The lowest BCUT2D eigenvalue weighted by atomic mass is 10.2. The van der Waals surface area contributed by atoms with Crippen LogP contribution in [-0.4, -0.2) is 19.2 Å². The number of aryl methyl sites for hydroxylation is 2. The van der Waals surface area contributed by atoms with Crippen LogP contribution in [0, 0.1) is 6.92 Å². The number of thiazole rings is 1. The Hall–Kier alpha value is -1.73. The van der Waals surface area contributed by atoms with Gasteiger partial charge in [0.25, 0.3) is 0 Å². The van der Waals surface area contributed by atoms with Crippen molar-refractivity contribution >= 4 is 33.0 Å². The highest BCUT2D eigenvalue weighted by molar-refractivity contribution is 7.89. The average molecular weight is 407 g/mol. The highest BCUT2D eigenvalue weighted by Crippen LogP contribution is 2.32. The molecule has 0 bridgehead atoms. The minimum absolute atomic E-state index is 0.0617. The molecule has 1 N–H and O–H groups in total. The Morgan fingerprint density at radius 3 is 2.50 bits per heavy atom. The zero-order chi connectivity index (χ0) is 18.6. The smallest absolute Gasteiger partial charge is 0.212 e. The van der Waals surface area contributed by atoms with Crippen molar-refractivity contribution in [3.05, 3.63) is 75.8 Å². The molecule has 3 rings (SSSR count). The predicted molar refractivity (Wildman–Crippen MR) is 108 cm³/mol. The number of halogens is 1. The lowest BCUT2D eigenvalue weighted by Crippen LogP contribution is -2.26. The van der Waals surface area contributed by atoms with E-state index in [0.717, 1.165) is 26.7 Å². The Morgan fingerprint density at radius 2 is 1.77 bits per heavy atom. The molecule has 2 aromatic carbocycles. The molecule has 7 heteroatoms. The zero-order valence-electron chi connectivity index (χ0n) is 14.3. The van der Waals surface area contributed by atoms with Crippen molar-refractivity contribution in [2.24, 2.45) is 0 Å². The monoisotopic (exact) mass is 406 g/mol. The van der Waals surface area contributed by atoms with Crippen LogP contribution in [0.4, 0.5) is 0 Å². The summed E-state index contributed by atoms with van der Waals surface area (Å²) in [6.45, 7) is 2.12. The SMILES string of the molecule is Cc1nc(-c2ccccc2Cl)sc1CNS(=O)(=O)CCc1ccccc1. The van der Waals surface area contributed by atoms with E-state index in [4.69, 9.17) is 11.6 Å². The van der Waals surface area contributed by atoms with Gasteiger partial charge in [-0.2, -0.15) is 0 Å². The van der Waals surface area contributed by atoms with Crippen LogP contribution < -0.4 is 4.72 Å². The predicted octanol–water partition coefficient (Wildman–Crippen LogP) is 4.43. The lowest BCUT2D eigenvalue weighted by Gasteiger charge is -2.06. The molecule has 4 nitrogen and oxygen atoms in total. The second-order valence-electron chi connectivity index (χ2n) is 5.88. The van der Waals surface area contributed by atoms with E-state index >= 15 is 0 Å². The first-order chi connectivity index (χ1) is 12.4. The molecule has 0 aliphatic heterocycles. The van der Waals surface area contributed by atoms with Gasteiger partial charge in [-0.1, -0.05) is 60.1 Å². The van der Waals surface area contributed by atoms with Crippen LogP contribution in [0.1, 0.15) is 16.1 Å². The van der Waals surface area contributed by atoms with Gasteiger partial charge in [-0.3, -0.25) is 0 Å². The summed E-state index contributed by atoms with van der Waals surface area (Å²) in [6, 6.07) is 17.1. The summed E-state index contributed by atoms with van der Waals surface area (Å²) in [6.07, 6.45) is 0.489. The molecule has 0 saturated carbocycles. The average Bonchev–Trinajstić information content (AvgIpc) is 3.00. The van der Waals surface area contributed by atoms with Gasteiger partial charge in [0.05, 0.1) is 16.5 Å². The molecule has 1 aromatic heterocycles. The Morgan fingerprint density at radius 1 is 1.08 bits per heavy atom. The molecule has 0 radical (unpaired) electrons. The second kappa shape index (κ2) is 8.31. The molecule has 0 aliphatic rings. The summed E-state index contributed by atoms with van der Waals surface area (Å²) in [5.74, 6) is 0.0617. The number of nitrogens with one attached hydrogen (secondary N) is 1. The van der Waals surface area contributed by atoms with E-state index in [1.165, 1.54) is 11.3 Å². The van der Waals surface area contributed by atoms with Gasteiger partial charge in [0.15, 0.2) is 0 Å². The molecule has 0 aliphatic carbocycles. The van der Waals surface area contributed by atoms with Crippen LogP contribution in [-0.2, 0) is 23.0 Å². The number of nitrogens with zero attached hydrogens (tertiary/aromatic N) is 1. The molecule has 0 unspecified atom stereocenters. The summed E-state index contributed by atoms with van der Waals surface area (Å²) in [4.78, 5) is 5.43. The molecule has 136 valence electrons. The number of sulfonamides is 1. The van der Waals surface area contributed by atoms with E-state index < -0.39 is 10.0 Å². The third-order valence-corrected chi connectivity index (χ3v) is 6.80. The number of benzene rings is 2. The fraction of sp³-hybridized carbons (Fsp3) is 0.211. The maximum Gasteiger partial charge on any atom is 0.212 e. The molecule has 0 amide bonds. The summed E-state index contributed by atoms with van der Waals surface area (Å²) in [5.41, 5.74) is 2.68. The first-order valence-electron chi connectivity index (χ1n) is 8.17. The maximum absolute atomic E-state index is 12.3. The van der Waals surface area contributed by atoms with E-state index in [1.54, 1.807) is 0 Å². The Kier molecular flexibility index (Phi) is 6.09. The fourth-order valence-electron chi connectivity index (χ4n) is 2.49. The third-order valence-electron chi connectivity index (χ3n) is 3.95. The van der Waals surface area contributed by atoms with Crippen molar-refractivity contribution in [3.63, 3.8) is 0 Å². The fourth-order valence-corrected chi connectivity index (χ4v) is 4.91. The van der Waals surface area contributed by atoms with E-state index in [0.29, 0.717) is 11.4 Å². The van der Waals surface area contributed by atoms with Gasteiger partial charge < -0.3 is 0 Å². The molecule has 26 heavy (non-hydrogen) atoms. The molecule has 3 aromatic rings. The number of hydrogen-bond acceptors (Lipinski definition) is 4. The minimum Gasteiger partial charge on any atom is -0.241 e. The van der Waals surface area contributed by atoms with Gasteiger partial charge in [0.2, 0.25) is 10.0 Å². The Balaban J connectivity index is 1.65. The number of rotatable bonds is 7. The zero-order valence-corrected chi connectivity index (χ0v) is 16.7. The maximum atomic E-state index is 12.3. The van der Waals surface area contributed by atoms with Gasteiger partial charge in [-0.15, -0.1) is 11.3 Å². The van der Waals surface area contributed by atoms with Gasteiger partial charge in [0, 0.05) is 17.0 Å². The van der Waals surface area contributed by atoms with Crippen molar-refractivity contribution in [3.8, 4) is 10.6 Å². The van der Waals surface area contributed by atoms with Gasteiger partial charge in [-0.05, 0) is 25.0 Å². The highest BCUT2D eigenvalue weighted by atomic mass is 35.5. The normalized spacial score (nSPS) is 11.6. The quantitative estimate of drug-likeness (QED) is 0.631. The molecule has 0 saturated heterocycles. The van der Waals surface area contributed by atoms with Crippen LogP contribution in [0.25, 0.3) is 10.6 Å². The van der Waals surface area contributed by atoms with E-state index in [1.807, 2.05) is 61.5 Å². The number of hydrogen-bond donors (Lipinski definition) is 1. The Bertz CT molecular complexity index is 986. The second-order valence-corrected chi connectivity index (χ2v) is 9.30. The van der Waals surface area contributed by atoms with Gasteiger partial charge in [0.1, 0.15) is 5.01 Å². The lowest BCUT2D eigenvalue weighted by molar-refractivity contribution is 0.581. The third kappa shape index (κ3) is 4.92. The molecule has 0 atom stereocenters. The van der Waals surface area contributed by atoms with Crippen molar-refractivity contribution in [1.29, 1.82) is 0 Å². The molecule has 0 fully saturated rings. The first-order valence-corrected chi connectivity index (χ1v) is 11.0. The van der Waals surface area contributed by atoms with Crippen molar-refractivity contribution in [2.75, 3.05) is 5.75 Å². The summed E-state index contributed by atoms with van der Waals surface area (Å²) >= 11 is 7.68. The summed E-state index contributed by atoms with van der Waals surface area (Å²) in [7, 11) is -3.36. The standard InChI is InChI=1S/C19H19ClN2O2S2/c1-14-18(25-19(22-14)16-9-5-6-10-17(16)20)13-21-26(23,24)12-11-15-7-3-2-4-8-15/h2-10,21H,11-13H2,1H3. The van der Waals surface area contributed by atoms with Crippen molar-refractivity contribution < 1.29 is 8.42 Å². The molecular weight excluding hydrogens is 388 g/mol. The van der Waals surface area contributed by atoms with Crippen LogP contribution in [0.3, 0.4) is 0 Å². The highest BCUT2D eigenvalue weighted by Gasteiger charge is 2.15. The van der Waals surface area contributed by atoms with Crippen molar-refractivity contribution in [2.45, 2.75) is 19.9 Å². The van der Waals surface area contributed by atoms with Crippen LogP contribution in [0.5, 0.6) is 0 Å². The van der Waals surface area contributed by atoms with E-state index in [-0.39, 0.29) is 12.3 Å². The van der Waals surface area contributed by atoms with Gasteiger partial charge in [-0.25, -0.2) is 18.1 Å². The molecular formula is C19H19ClN2O2S2. The molecule has 0 spiro atoms. The number of aromatic nitrogens is 1. The largest absolute Gasteiger partial charge is 0.241 e. The Labute approximate surface area is 162 Å². The minimum atomic E-state index is -3.36.